The van der Waals surface area contributed by atoms with Crippen LogP contribution in [0.1, 0.15) is 38.3 Å². The van der Waals surface area contributed by atoms with Crippen LogP contribution in [0.3, 0.4) is 0 Å². The fraction of sp³-hybridized carbons (Fsp3) is 0.333. The molecule has 0 aliphatic carbocycles. The second kappa shape index (κ2) is 13.3. The third kappa shape index (κ3) is 7.19. The van der Waals surface area contributed by atoms with Gasteiger partial charge in [0.2, 0.25) is 0 Å². The van der Waals surface area contributed by atoms with E-state index in [4.69, 9.17) is 8.61 Å². The van der Waals surface area contributed by atoms with Crippen LogP contribution < -0.4 is 10.4 Å². The van der Waals surface area contributed by atoms with Crippen molar-refractivity contribution >= 4 is 28.8 Å². The van der Waals surface area contributed by atoms with Crippen LogP contribution in [0.25, 0.3) is 0 Å². The Morgan fingerprint density at radius 3 is 1.84 bits per heavy atom. The van der Waals surface area contributed by atoms with Gasteiger partial charge in [-0.2, -0.15) is 8.42 Å². The van der Waals surface area contributed by atoms with Crippen molar-refractivity contribution in [2.24, 2.45) is 5.92 Å². The average Bonchev–Trinajstić information content (AvgIpc) is 3.39. The molecule has 0 N–H and O–H groups in total. The maximum Gasteiger partial charge on any atom is 0.296 e. The predicted octanol–water partition coefficient (Wildman–Crippen LogP) is 6.17. The summed E-state index contributed by atoms with van der Waals surface area (Å²) in [5.74, 6) is 0.0664. The number of hydrogen-bond donors (Lipinski definition) is 0. The van der Waals surface area contributed by atoms with Gasteiger partial charge in [-0.25, -0.2) is 0 Å². The lowest BCUT2D eigenvalue weighted by Crippen LogP contribution is -2.67. The quantitative estimate of drug-likeness (QED) is 0.150. The highest BCUT2D eigenvalue weighted by atomic mass is 32.2. The van der Waals surface area contributed by atoms with Gasteiger partial charge in [0.25, 0.3) is 18.4 Å². The van der Waals surface area contributed by atoms with Crippen LogP contribution in [0.4, 0.5) is 0 Å². The van der Waals surface area contributed by atoms with E-state index in [1.54, 1.807) is 24.3 Å². The lowest BCUT2D eigenvalue weighted by atomic mass is 10.1. The SMILES string of the molecule is Cc1ccc(S(=O)(=O)OC[C@@H]2C[C@@H](CO[Si](c3ccccc3)(c3ccccc3)C(C)(C)C)N(Cc3ccccc3)C2)cc1. The third-order valence-corrected chi connectivity index (χ3v) is 14.8. The molecule has 1 aliphatic rings. The molecule has 1 aliphatic heterocycles. The van der Waals surface area contributed by atoms with Crippen molar-refractivity contribution < 1.29 is 17.0 Å². The molecule has 0 amide bonds. The Balaban J connectivity index is 1.40. The standard InChI is InChI=1S/C36H43NO4SSi/c1-29-20-22-33(23-21-29)42(38,39)40-27-31-24-32(37(26-31)25-30-14-8-5-9-15-30)28-41-43(36(2,3)4,34-16-10-6-11-17-34)35-18-12-7-13-19-35/h5-23,31-32H,24-28H2,1-4H3/t31-,32+/m1/s1. The molecule has 0 aromatic heterocycles. The van der Waals surface area contributed by atoms with Crippen molar-refractivity contribution in [2.75, 3.05) is 19.8 Å². The molecule has 0 saturated carbocycles. The van der Waals surface area contributed by atoms with Crippen molar-refractivity contribution in [1.29, 1.82) is 0 Å². The summed E-state index contributed by atoms with van der Waals surface area (Å²) in [6.45, 7) is 11.0. The van der Waals surface area contributed by atoms with E-state index in [9.17, 15) is 8.42 Å². The molecule has 1 heterocycles. The Bertz CT molecular complexity index is 1520. The zero-order valence-electron chi connectivity index (χ0n) is 25.6. The maximum atomic E-state index is 13.0. The molecule has 2 atom stereocenters. The van der Waals surface area contributed by atoms with Crippen LogP contribution in [-0.4, -0.2) is 47.4 Å². The normalized spacial score (nSPS) is 18.1. The summed E-state index contributed by atoms with van der Waals surface area (Å²) < 4.78 is 38.9. The first kappa shape index (κ1) is 31.4. The monoisotopic (exact) mass is 613 g/mol. The third-order valence-electron chi connectivity index (χ3n) is 8.52. The van der Waals surface area contributed by atoms with Crippen LogP contribution in [0.2, 0.25) is 5.04 Å². The molecule has 7 heteroatoms. The summed E-state index contributed by atoms with van der Waals surface area (Å²) in [6.07, 6.45) is 0.800. The molecule has 0 bridgehead atoms. The number of hydrogen-bond acceptors (Lipinski definition) is 5. The molecule has 0 unspecified atom stereocenters. The molecule has 4 aromatic carbocycles. The van der Waals surface area contributed by atoms with Gasteiger partial charge in [0.15, 0.2) is 0 Å². The first-order valence-corrected chi connectivity index (χ1v) is 18.4. The minimum atomic E-state index is -3.83. The molecule has 5 rings (SSSR count). The van der Waals surface area contributed by atoms with E-state index in [1.807, 2.05) is 13.0 Å². The largest absolute Gasteiger partial charge is 0.406 e. The molecule has 1 saturated heterocycles. The van der Waals surface area contributed by atoms with Crippen molar-refractivity contribution in [3.63, 3.8) is 0 Å². The minimum absolute atomic E-state index is 0.0664. The van der Waals surface area contributed by atoms with Crippen molar-refractivity contribution in [3.8, 4) is 0 Å². The Morgan fingerprint density at radius 1 is 0.767 bits per heavy atom. The Labute approximate surface area is 258 Å². The molecule has 43 heavy (non-hydrogen) atoms. The van der Waals surface area contributed by atoms with E-state index >= 15 is 0 Å². The molecular weight excluding hydrogens is 571 g/mol. The fourth-order valence-corrected chi connectivity index (χ4v) is 11.9. The summed E-state index contributed by atoms with van der Waals surface area (Å²) >= 11 is 0. The van der Waals surface area contributed by atoms with Crippen molar-refractivity contribution in [3.05, 3.63) is 126 Å². The number of aryl methyl sites for hydroxylation is 1. The maximum absolute atomic E-state index is 13.0. The summed E-state index contributed by atoms with van der Waals surface area (Å²) in [6, 6.07) is 38.8. The number of nitrogens with zero attached hydrogens (tertiary/aromatic N) is 1. The minimum Gasteiger partial charge on any atom is -0.406 e. The Kier molecular flexibility index (Phi) is 9.69. The molecule has 5 nitrogen and oxygen atoms in total. The van der Waals surface area contributed by atoms with Crippen LogP contribution in [0.5, 0.6) is 0 Å². The van der Waals surface area contributed by atoms with Gasteiger partial charge < -0.3 is 4.43 Å². The molecule has 1 fully saturated rings. The van der Waals surface area contributed by atoms with Crippen molar-refractivity contribution in [2.45, 2.75) is 56.6 Å². The molecule has 0 spiro atoms. The fourth-order valence-electron chi connectivity index (χ4n) is 6.34. The van der Waals surface area contributed by atoms with E-state index in [-0.39, 0.29) is 28.5 Å². The molecule has 4 aromatic rings. The van der Waals surface area contributed by atoms with Crippen LogP contribution in [0.15, 0.2) is 120 Å². The molecule has 226 valence electrons. The Hall–Kier alpha value is -3.07. The lowest BCUT2D eigenvalue weighted by molar-refractivity contribution is 0.159. The molecule has 0 radical (unpaired) electrons. The highest BCUT2D eigenvalue weighted by Crippen LogP contribution is 2.38. The number of benzene rings is 4. The second-order valence-electron chi connectivity index (χ2n) is 12.7. The number of likely N-dealkylation sites (tertiary alicyclic amines) is 1. The number of rotatable bonds is 11. The highest BCUT2D eigenvalue weighted by Gasteiger charge is 2.51. The van der Waals surface area contributed by atoms with E-state index in [2.05, 4.69) is 111 Å². The van der Waals surface area contributed by atoms with E-state index < -0.39 is 18.4 Å². The van der Waals surface area contributed by atoms with Gasteiger partial charge in [-0.1, -0.05) is 129 Å². The highest BCUT2D eigenvalue weighted by molar-refractivity contribution is 7.86. The molecular formula is C36H43NO4SSi. The van der Waals surface area contributed by atoms with Gasteiger partial charge in [-0.05, 0) is 52.4 Å². The van der Waals surface area contributed by atoms with Crippen LogP contribution in [-0.2, 0) is 25.3 Å². The lowest BCUT2D eigenvalue weighted by Gasteiger charge is -2.44. The predicted molar refractivity (Wildman–Crippen MR) is 177 cm³/mol. The van der Waals surface area contributed by atoms with Gasteiger partial charge in [0, 0.05) is 19.1 Å². The van der Waals surface area contributed by atoms with Gasteiger partial charge in [0.1, 0.15) is 0 Å². The van der Waals surface area contributed by atoms with E-state index in [0.717, 1.165) is 25.1 Å². The van der Waals surface area contributed by atoms with E-state index in [1.165, 1.54) is 15.9 Å². The van der Waals surface area contributed by atoms with Gasteiger partial charge in [-0.15, -0.1) is 0 Å². The van der Waals surface area contributed by atoms with E-state index in [0.29, 0.717) is 6.61 Å². The first-order chi connectivity index (χ1) is 20.6. The summed E-state index contributed by atoms with van der Waals surface area (Å²) in [7, 11) is -6.54. The summed E-state index contributed by atoms with van der Waals surface area (Å²) in [4.78, 5) is 2.64. The zero-order valence-corrected chi connectivity index (χ0v) is 27.5. The first-order valence-electron chi connectivity index (χ1n) is 15.1. The average molecular weight is 614 g/mol. The van der Waals surface area contributed by atoms with Gasteiger partial charge in [0.05, 0.1) is 18.1 Å². The van der Waals surface area contributed by atoms with Gasteiger partial charge >= 0.3 is 0 Å². The second-order valence-corrected chi connectivity index (χ2v) is 18.6. The topological polar surface area (TPSA) is 55.8 Å². The zero-order chi connectivity index (χ0) is 30.5. The summed E-state index contributed by atoms with van der Waals surface area (Å²) in [5.41, 5.74) is 2.24. The van der Waals surface area contributed by atoms with Crippen LogP contribution in [0, 0.1) is 12.8 Å². The smallest absolute Gasteiger partial charge is 0.296 e. The van der Waals surface area contributed by atoms with Crippen LogP contribution >= 0.6 is 0 Å². The van der Waals surface area contributed by atoms with Crippen molar-refractivity contribution in [1.82, 2.24) is 4.90 Å². The van der Waals surface area contributed by atoms with Gasteiger partial charge in [-0.3, -0.25) is 9.08 Å². The summed E-state index contributed by atoms with van der Waals surface area (Å²) in [5, 5.41) is 2.39. The Morgan fingerprint density at radius 2 is 1.30 bits per heavy atom.